The minimum atomic E-state index is -0.349. The van der Waals surface area contributed by atoms with Gasteiger partial charge < -0.3 is 10.6 Å². The second kappa shape index (κ2) is 8.80. The van der Waals surface area contributed by atoms with Gasteiger partial charge >= 0.3 is 0 Å². The van der Waals surface area contributed by atoms with Gasteiger partial charge in [-0.15, -0.1) is 17.5 Å². The molecular weight excluding hydrogens is 369 g/mol. The molecule has 1 fully saturated rings. The van der Waals surface area contributed by atoms with Crippen LogP contribution in [0.3, 0.4) is 0 Å². The molecule has 0 aliphatic carbocycles. The van der Waals surface area contributed by atoms with Crippen LogP contribution in [0.15, 0.2) is 24.3 Å². The first-order valence-corrected chi connectivity index (χ1v) is 9.14. The zero-order valence-corrected chi connectivity index (χ0v) is 16.7. The second-order valence-corrected chi connectivity index (χ2v) is 7.33. The summed E-state index contributed by atoms with van der Waals surface area (Å²) in [5.41, 5.74) is 6.54. The summed E-state index contributed by atoms with van der Waals surface area (Å²) in [7, 11) is 0. The van der Waals surface area contributed by atoms with Crippen molar-refractivity contribution in [2.45, 2.75) is 45.6 Å². The van der Waals surface area contributed by atoms with E-state index in [-0.39, 0.29) is 41.9 Å². The van der Waals surface area contributed by atoms with Crippen LogP contribution in [0.25, 0.3) is 5.69 Å². The molecule has 1 aliphatic heterocycles. The summed E-state index contributed by atoms with van der Waals surface area (Å²) in [6, 6.07) is 6.29. The number of hydrogen-bond donors (Lipinski definition) is 1. The molecule has 2 aromatic rings. The van der Waals surface area contributed by atoms with Crippen molar-refractivity contribution >= 4 is 18.3 Å². The van der Waals surface area contributed by atoms with Gasteiger partial charge in [-0.05, 0) is 43.9 Å². The molecule has 148 valence electrons. The van der Waals surface area contributed by atoms with Crippen LogP contribution in [0, 0.1) is 11.7 Å². The molecule has 0 radical (unpaired) electrons. The lowest BCUT2D eigenvalue weighted by Gasteiger charge is -2.33. The van der Waals surface area contributed by atoms with Gasteiger partial charge in [0, 0.05) is 25.0 Å². The number of piperidine rings is 1. The average molecular weight is 396 g/mol. The highest BCUT2D eigenvalue weighted by Crippen LogP contribution is 2.22. The SMILES string of the molecule is CC(C)c1nc(C(=O)N2CCC(C(C)N)CC2)nn1-c1cccc(F)c1.Cl. The molecule has 2 N–H and O–H groups in total. The molecule has 8 heteroatoms. The smallest absolute Gasteiger partial charge is 0.293 e. The van der Waals surface area contributed by atoms with Gasteiger partial charge in [-0.25, -0.2) is 14.1 Å². The Hall–Kier alpha value is -1.99. The van der Waals surface area contributed by atoms with Crippen molar-refractivity contribution in [2.24, 2.45) is 11.7 Å². The topological polar surface area (TPSA) is 77.0 Å². The van der Waals surface area contributed by atoms with E-state index in [1.54, 1.807) is 21.7 Å². The Bertz CT molecular complexity index is 784. The third-order valence-corrected chi connectivity index (χ3v) is 4.96. The third-order valence-electron chi connectivity index (χ3n) is 4.96. The van der Waals surface area contributed by atoms with E-state index in [0.29, 0.717) is 30.5 Å². The van der Waals surface area contributed by atoms with Crippen molar-refractivity contribution < 1.29 is 9.18 Å². The molecule has 2 heterocycles. The predicted molar refractivity (Wildman–Crippen MR) is 105 cm³/mol. The number of halogens is 2. The van der Waals surface area contributed by atoms with Crippen molar-refractivity contribution in [1.29, 1.82) is 0 Å². The Morgan fingerprint density at radius 1 is 1.26 bits per heavy atom. The van der Waals surface area contributed by atoms with E-state index >= 15 is 0 Å². The molecule has 27 heavy (non-hydrogen) atoms. The van der Waals surface area contributed by atoms with Crippen molar-refractivity contribution in [2.75, 3.05) is 13.1 Å². The van der Waals surface area contributed by atoms with Crippen LogP contribution in [0.1, 0.15) is 56.0 Å². The summed E-state index contributed by atoms with van der Waals surface area (Å²) in [4.78, 5) is 19.1. The molecule has 1 saturated heterocycles. The number of rotatable bonds is 4. The molecule has 1 aromatic carbocycles. The first-order valence-electron chi connectivity index (χ1n) is 9.14. The molecule has 1 amide bonds. The maximum atomic E-state index is 13.6. The van der Waals surface area contributed by atoms with Crippen LogP contribution in [0.5, 0.6) is 0 Å². The molecule has 0 spiro atoms. The molecule has 0 saturated carbocycles. The van der Waals surface area contributed by atoms with Crippen molar-refractivity contribution in [3.8, 4) is 5.69 Å². The van der Waals surface area contributed by atoms with Gasteiger partial charge in [-0.2, -0.15) is 0 Å². The first-order chi connectivity index (χ1) is 12.4. The lowest BCUT2D eigenvalue weighted by atomic mass is 9.91. The zero-order chi connectivity index (χ0) is 18.8. The number of aromatic nitrogens is 3. The largest absolute Gasteiger partial charge is 0.336 e. The number of hydrogen-bond acceptors (Lipinski definition) is 4. The van der Waals surface area contributed by atoms with Gasteiger partial charge in [-0.3, -0.25) is 4.79 Å². The predicted octanol–water partition coefficient (Wildman–Crippen LogP) is 3.15. The molecule has 3 rings (SSSR count). The number of amides is 1. The maximum absolute atomic E-state index is 13.6. The van der Waals surface area contributed by atoms with Gasteiger partial charge in [0.2, 0.25) is 5.82 Å². The van der Waals surface area contributed by atoms with E-state index in [0.717, 1.165) is 12.8 Å². The molecular formula is C19H27ClFN5O. The summed E-state index contributed by atoms with van der Waals surface area (Å²) >= 11 is 0. The number of benzene rings is 1. The van der Waals surface area contributed by atoms with E-state index in [9.17, 15) is 9.18 Å². The summed E-state index contributed by atoms with van der Waals surface area (Å²) < 4.78 is 15.2. The highest BCUT2D eigenvalue weighted by atomic mass is 35.5. The summed E-state index contributed by atoms with van der Waals surface area (Å²) in [5.74, 6) is 0.782. The fraction of sp³-hybridized carbons (Fsp3) is 0.526. The Morgan fingerprint density at radius 2 is 1.93 bits per heavy atom. The standard InChI is InChI=1S/C19H26FN5O.ClH/c1-12(2)18-22-17(23-25(18)16-6-4-5-15(20)11-16)19(26)24-9-7-14(8-10-24)13(3)21;/h4-6,11-14H,7-10,21H2,1-3H3;1H. The average Bonchev–Trinajstić information content (AvgIpc) is 3.07. The number of carbonyl (C=O) groups is 1. The summed E-state index contributed by atoms with van der Waals surface area (Å²) in [6.45, 7) is 7.29. The highest BCUT2D eigenvalue weighted by Gasteiger charge is 2.28. The van der Waals surface area contributed by atoms with Crippen LogP contribution < -0.4 is 5.73 Å². The highest BCUT2D eigenvalue weighted by molar-refractivity contribution is 5.90. The van der Waals surface area contributed by atoms with E-state index < -0.39 is 0 Å². The minimum Gasteiger partial charge on any atom is -0.336 e. The van der Waals surface area contributed by atoms with Crippen LogP contribution in [0.4, 0.5) is 4.39 Å². The molecule has 0 bridgehead atoms. The summed E-state index contributed by atoms with van der Waals surface area (Å²) in [6.07, 6.45) is 1.79. The molecule has 1 atom stereocenters. The van der Waals surface area contributed by atoms with Crippen LogP contribution in [0.2, 0.25) is 0 Å². The van der Waals surface area contributed by atoms with Crippen molar-refractivity contribution in [3.05, 3.63) is 41.7 Å². The molecule has 6 nitrogen and oxygen atoms in total. The van der Waals surface area contributed by atoms with E-state index in [2.05, 4.69) is 10.1 Å². The van der Waals surface area contributed by atoms with Gasteiger partial charge in [0.15, 0.2) is 0 Å². The van der Waals surface area contributed by atoms with Crippen LogP contribution >= 0.6 is 12.4 Å². The van der Waals surface area contributed by atoms with E-state index in [4.69, 9.17) is 5.73 Å². The molecule has 1 aliphatic rings. The Kier molecular flexibility index (Phi) is 6.95. The zero-order valence-electron chi connectivity index (χ0n) is 15.9. The van der Waals surface area contributed by atoms with Crippen molar-refractivity contribution in [1.82, 2.24) is 19.7 Å². The van der Waals surface area contributed by atoms with Gasteiger partial charge in [0.05, 0.1) is 5.69 Å². The number of nitrogens with two attached hydrogens (primary N) is 1. The minimum absolute atomic E-state index is 0. The molecule has 1 unspecified atom stereocenters. The van der Waals surface area contributed by atoms with E-state index in [1.165, 1.54) is 12.1 Å². The lowest BCUT2D eigenvalue weighted by Crippen LogP contribution is -2.42. The quantitative estimate of drug-likeness (QED) is 0.862. The second-order valence-electron chi connectivity index (χ2n) is 7.33. The third kappa shape index (κ3) is 4.65. The number of carbonyl (C=O) groups excluding carboxylic acids is 1. The van der Waals surface area contributed by atoms with Gasteiger partial charge in [0.1, 0.15) is 11.6 Å². The Labute approximate surface area is 165 Å². The Morgan fingerprint density at radius 3 is 2.48 bits per heavy atom. The number of likely N-dealkylation sites (tertiary alicyclic amines) is 1. The van der Waals surface area contributed by atoms with E-state index in [1.807, 2.05) is 20.8 Å². The van der Waals surface area contributed by atoms with Crippen LogP contribution in [-0.2, 0) is 0 Å². The maximum Gasteiger partial charge on any atom is 0.293 e. The fourth-order valence-electron chi connectivity index (χ4n) is 3.36. The molecule has 1 aromatic heterocycles. The van der Waals surface area contributed by atoms with Gasteiger partial charge in [0.25, 0.3) is 5.91 Å². The van der Waals surface area contributed by atoms with Crippen LogP contribution in [-0.4, -0.2) is 44.7 Å². The normalized spacial score (nSPS) is 16.3. The Balaban J connectivity index is 0.00000261. The lowest BCUT2D eigenvalue weighted by molar-refractivity contribution is 0.0668. The first kappa shape index (κ1) is 21.3. The van der Waals surface area contributed by atoms with Gasteiger partial charge in [-0.1, -0.05) is 19.9 Å². The fourth-order valence-corrected chi connectivity index (χ4v) is 3.36. The monoisotopic (exact) mass is 395 g/mol. The van der Waals surface area contributed by atoms with Crippen molar-refractivity contribution in [3.63, 3.8) is 0 Å². The number of nitrogens with zero attached hydrogens (tertiary/aromatic N) is 4. The summed E-state index contributed by atoms with van der Waals surface area (Å²) in [5, 5.41) is 4.40.